The number of benzene rings is 2. The third kappa shape index (κ3) is 3.89. The molecule has 2 heteroatoms. The van der Waals surface area contributed by atoms with Gasteiger partial charge in [0.05, 0.1) is 0 Å². The molecule has 23 heavy (non-hydrogen) atoms. The van der Waals surface area contributed by atoms with Crippen LogP contribution >= 0.6 is 0 Å². The number of aryl methyl sites for hydroxylation is 2. The Labute approximate surface area is 138 Å². The van der Waals surface area contributed by atoms with Gasteiger partial charge in [0.2, 0.25) is 0 Å². The number of ketones is 1. The fourth-order valence-corrected chi connectivity index (χ4v) is 3.25. The van der Waals surface area contributed by atoms with Crippen molar-refractivity contribution in [1.82, 2.24) is 5.32 Å². The highest BCUT2D eigenvalue weighted by Crippen LogP contribution is 2.23. The van der Waals surface area contributed by atoms with Gasteiger partial charge in [-0.3, -0.25) is 4.79 Å². The topological polar surface area (TPSA) is 29.1 Å². The van der Waals surface area contributed by atoms with Crippen molar-refractivity contribution in [2.75, 3.05) is 13.1 Å². The van der Waals surface area contributed by atoms with Crippen molar-refractivity contribution >= 4 is 5.78 Å². The maximum Gasteiger partial charge on any atom is 0.167 e. The SMILES string of the molecule is Cc1ccc(C(=O)Cc2ccc([C@H]3CCCNC3)cc2)cc1C. The van der Waals surface area contributed by atoms with Crippen molar-refractivity contribution in [1.29, 1.82) is 0 Å². The van der Waals surface area contributed by atoms with Crippen LogP contribution < -0.4 is 5.32 Å². The summed E-state index contributed by atoms with van der Waals surface area (Å²) in [6, 6.07) is 14.6. The maximum atomic E-state index is 12.5. The lowest BCUT2D eigenvalue weighted by Crippen LogP contribution is -2.28. The molecule has 0 radical (unpaired) electrons. The predicted octanol–water partition coefficient (Wildman–Crippen LogP) is 4.20. The summed E-state index contributed by atoms with van der Waals surface area (Å²) in [6.45, 7) is 6.33. The number of Topliss-reactive ketones (excluding diaryl/α,β-unsaturated/α-hetero) is 1. The number of nitrogens with one attached hydrogen (secondary N) is 1. The molecule has 1 fully saturated rings. The van der Waals surface area contributed by atoms with Gasteiger partial charge in [0, 0.05) is 18.5 Å². The van der Waals surface area contributed by atoms with Crippen molar-refractivity contribution in [3.8, 4) is 0 Å². The minimum absolute atomic E-state index is 0.195. The van der Waals surface area contributed by atoms with Crippen LogP contribution in [0.25, 0.3) is 0 Å². The van der Waals surface area contributed by atoms with Crippen molar-refractivity contribution in [3.05, 3.63) is 70.3 Å². The molecule has 1 aliphatic heterocycles. The fraction of sp³-hybridized carbons (Fsp3) is 0.381. The van der Waals surface area contributed by atoms with Gasteiger partial charge in [0.15, 0.2) is 5.78 Å². The summed E-state index contributed by atoms with van der Waals surface area (Å²) in [6.07, 6.45) is 2.98. The molecule has 0 aromatic heterocycles. The van der Waals surface area contributed by atoms with E-state index in [2.05, 4.69) is 43.4 Å². The Balaban J connectivity index is 1.67. The van der Waals surface area contributed by atoms with E-state index >= 15 is 0 Å². The van der Waals surface area contributed by atoms with Crippen LogP contribution in [0.4, 0.5) is 0 Å². The van der Waals surface area contributed by atoms with Crippen LogP contribution in [0.3, 0.4) is 0 Å². The Morgan fingerprint density at radius 2 is 1.87 bits per heavy atom. The molecule has 3 rings (SSSR count). The van der Waals surface area contributed by atoms with Crippen molar-refractivity contribution in [3.63, 3.8) is 0 Å². The Hall–Kier alpha value is -1.93. The minimum Gasteiger partial charge on any atom is -0.316 e. The monoisotopic (exact) mass is 307 g/mol. The number of carbonyl (C=O) groups excluding carboxylic acids is 1. The molecule has 1 aliphatic rings. The molecular formula is C21H25NO. The Morgan fingerprint density at radius 1 is 1.09 bits per heavy atom. The molecule has 2 aromatic carbocycles. The highest BCUT2D eigenvalue weighted by molar-refractivity contribution is 5.97. The molecule has 1 N–H and O–H groups in total. The van der Waals surface area contributed by atoms with Crippen molar-refractivity contribution < 1.29 is 4.79 Å². The summed E-state index contributed by atoms with van der Waals surface area (Å²) in [7, 11) is 0. The van der Waals surface area contributed by atoms with E-state index in [0.717, 1.165) is 24.2 Å². The molecule has 0 spiro atoms. The van der Waals surface area contributed by atoms with Gasteiger partial charge in [-0.05, 0) is 67.5 Å². The molecule has 0 aliphatic carbocycles. The maximum absolute atomic E-state index is 12.5. The summed E-state index contributed by atoms with van der Waals surface area (Å²) in [5, 5.41) is 3.46. The van der Waals surface area contributed by atoms with E-state index in [1.165, 1.54) is 29.5 Å². The molecule has 0 unspecified atom stereocenters. The van der Waals surface area contributed by atoms with Gasteiger partial charge < -0.3 is 5.32 Å². The second kappa shape index (κ2) is 7.10. The van der Waals surface area contributed by atoms with Crippen LogP contribution in [0.15, 0.2) is 42.5 Å². The number of carbonyl (C=O) groups is 1. The van der Waals surface area contributed by atoms with Crippen LogP contribution in [0.5, 0.6) is 0 Å². The lowest BCUT2D eigenvalue weighted by Gasteiger charge is -2.23. The molecule has 1 saturated heterocycles. The Morgan fingerprint density at radius 3 is 2.52 bits per heavy atom. The average Bonchev–Trinajstić information content (AvgIpc) is 2.59. The van der Waals surface area contributed by atoms with E-state index in [9.17, 15) is 4.79 Å². The van der Waals surface area contributed by atoms with Gasteiger partial charge in [0.25, 0.3) is 0 Å². The first kappa shape index (κ1) is 15.9. The van der Waals surface area contributed by atoms with E-state index in [1.54, 1.807) is 0 Å². The highest BCUT2D eigenvalue weighted by atomic mass is 16.1. The summed E-state index contributed by atoms with van der Waals surface area (Å²) < 4.78 is 0. The smallest absolute Gasteiger partial charge is 0.167 e. The van der Waals surface area contributed by atoms with Gasteiger partial charge in [-0.15, -0.1) is 0 Å². The second-order valence-corrected chi connectivity index (χ2v) is 6.68. The number of hydrogen-bond acceptors (Lipinski definition) is 2. The summed E-state index contributed by atoms with van der Waals surface area (Å²) in [5.74, 6) is 0.813. The summed E-state index contributed by atoms with van der Waals surface area (Å²) in [4.78, 5) is 12.5. The Kier molecular flexibility index (Phi) is 4.92. The number of piperidine rings is 1. The standard InChI is InChI=1S/C21H25NO/c1-15-5-8-19(12-16(15)2)21(23)13-17-6-9-18(10-7-17)20-4-3-11-22-14-20/h5-10,12,20,22H,3-4,11,13-14H2,1-2H3/t20-/m0/s1. The molecule has 1 atom stereocenters. The van der Waals surface area contributed by atoms with Gasteiger partial charge in [0.1, 0.15) is 0 Å². The number of hydrogen-bond donors (Lipinski definition) is 1. The van der Waals surface area contributed by atoms with Gasteiger partial charge in [-0.2, -0.15) is 0 Å². The first-order chi connectivity index (χ1) is 11.1. The van der Waals surface area contributed by atoms with Gasteiger partial charge in [-0.25, -0.2) is 0 Å². The summed E-state index contributed by atoms with van der Waals surface area (Å²) in [5.41, 5.74) is 5.71. The van der Waals surface area contributed by atoms with E-state index in [0.29, 0.717) is 12.3 Å². The van der Waals surface area contributed by atoms with E-state index in [-0.39, 0.29) is 5.78 Å². The first-order valence-electron chi connectivity index (χ1n) is 8.53. The molecule has 0 amide bonds. The lowest BCUT2D eigenvalue weighted by atomic mass is 9.90. The van der Waals surface area contributed by atoms with Crippen molar-refractivity contribution in [2.24, 2.45) is 0 Å². The van der Waals surface area contributed by atoms with Crippen LogP contribution in [0, 0.1) is 13.8 Å². The van der Waals surface area contributed by atoms with Gasteiger partial charge in [-0.1, -0.05) is 36.4 Å². The molecule has 2 aromatic rings. The molecule has 0 saturated carbocycles. The lowest BCUT2D eigenvalue weighted by molar-refractivity contribution is 0.0993. The van der Waals surface area contributed by atoms with Crippen LogP contribution in [0.2, 0.25) is 0 Å². The predicted molar refractivity (Wildman–Crippen MR) is 95.2 cm³/mol. The minimum atomic E-state index is 0.195. The molecule has 120 valence electrons. The molecule has 1 heterocycles. The van der Waals surface area contributed by atoms with E-state index < -0.39 is 0 Å². The molecule has 2 nitrogen and oxygen atoms in total. The average molecular weight is 307 g/mol. The van der Waals surface area contributed by atoms with Crippen LogP contribution in [-0.2, 0) is 6.42 Å². The zero-order chi connectivity index (χ0) is 16.2. The van der Waals surface area contributed by atoms with E-state index in [1.807, 2.05) is 18.2 Å². The normalized spacial score (nSPS) is 17.9. The third-order valence-corrected chi connectivity index (χ3v) is 4.94. The van der Waals surface area contributed by atoms with Crippen LogP contribution in [-0.4, -0.2) is 18.9 Å². The quantitative estimate of drug-likeness (QED) is 0.858. The van der Waals surface area contributed by atoms with Gasteiger partial charge >= 0.3 is 0 Å². The zero-order valence-corrected chi connectivity index (χ0v) is 14.1. The molecule has 0 bridgehead atoms. The summed E-state index contributed by atoms with van der Waals surface area (Å²) >= 11 is 0. The zero-order valence-electron chi connectivity index (χ0n) is 14.1. The largest absolute Gasteiger partial charge is 0.316 e. The fourth-order valence-electron chi connectivity index (χ4n) is 3.25. The van der Waals surface area contributed by atoms with E-state index in [4.69, 9.17) is 0 Å². The van der Waals surface area contributed by atoms with Crippen LogP contribution in [0.1, 0.15) is 51.4 Å². The second-order valence-electron chi connectivity index (χ2n) is 6.68. The number of rotatable bonds is 4. The Bertz CT molecular complexity index is 681. The molecular weight excluding hydrogens is 282 g/mol. The van der Waals surface area contributed by atoms with Crippen molar-refractivity contribution in [2.45, 2.75) is 39.0 Å². The first-order valence-corrected chi connectivity index (χ1v) is 8.53. The highest BCUT2D eigenvalue weighted by Gasteiger charge is 2.15. The third-order valence-electron chi connectivity index (χ3n) is 4.94.